The summed E-state index contributed by atoms with van der Waals surface area (Å²) in [4.78, 5) is 21.6. The van der Waals surface area contributed by atoms with Crippen LogP contribution in [-0.4, -0.2) is 67.7 Å². The van der Waals surface area contributed by atoms with Crippen LogP contribution in [0.5, 0.6) is 5.75 Å². The number of halogens is 1. The number of nitrogens with one attached hydrogen (secondary N) is 1. The number of benzene rings is 4. The zero-order valence-electron chi connectivity index (χ0n) is 25.8. The van der Waals surface area contributed by atoms with E-state index in [1.54, 1.807) is 0 Å². The number of carbonyl (C=O) groups is 1. The zero-order valence-corrected chi connectivity index (χ0v) is 27.4. The maximum atomic E-state index is 14.4. The van der Waals surface area contributed by atoms with Crippen molar-refractivity contribution in [3.63, 3.8) is 0 Å². The van der Waals surface area contributed by atoms with E-state index in [9.17, 15) is 4.79 Å². The molecule has 0 spiro atoms. The lowest BCUT2D eigenvalue weighted by Gasteiger charge is -2.31. The van der Waals surface area contributed by atoms with Crippen LogP contribution in [0.4, 0.5) is 0 Å². The Kier molecular flexibility index (Phi) is 11.1. The molecule has 0 saturated heterocycles. The number of ether oxygens (including phenoxy) is 2. The normalized spacial score (nSPS) is 17.5. The van der Waals surface area contributed by atoms with Crippen molar-refractivity contribution in [1.82, 2.24) is 10.2 Å². The molecule has 1 aliphatic rings. The molecule has 1 heterocycles. The summed E-state index contributed by atoms with van der Waals surface area (Å²) in [7, 11) is 4.05. The lowest BCUT2D eigenvalue weighted by molar-refractivity contribution is -0.128. The second kappa shape index (κ2) is 15.3. The van der Waals surface area contributed by atoms with Gasteiger partial charge in [0, 0.05) is 36.0 Å². The second-order valence-electron chi connectivity index (χ2n) is 11.5. The number of rotatable bonds is 14. The van der Waals surface area contributed by atoms with E-state index >= 15 is 0 Å². The van der Waals surface area contributed by atoms with Crippen LogP contribution in [0, 0.1) is 0 Å². The number of hydrogen-bond acceptors (Lipinski definition) is 6. The number of carbonyl (C=O) groups excluding carboxylic acids is 1. The van der Waals surface area contributed by atoms with E-state index in [0.29, 0.717) is 37.6 Å². The van der Waals surface area contributed by atoms with Gasteiger partial charge < -0.3 is 24.8 Å². The summed E-state index contributed by atoms with van der Waals surface area (Å²) in [5, 5.41) is 12.3. The van der Waals surface area contributed by atoms with Crippen molar-refractivity contribution < 1.29 is 19.4 Å². The van der Waals surface area contributed by atoms with Crippen LogP contribution < -0.4 is 10.1 Å². The molecule has 5 rings (SSSR count). The number of aliphatic hydroxyl groups excluding tert-OH is 1. The van der Waals surface area contributed by atoms with Crippen molar-refractivity contribution in [3.05, 3.63) is 124 Å². The lowest BCUT2D eigenvalue weighted by atomic mass is 9.81. The quantitative estimate of drug-likeness (QED) is 0.151. The Morgan fingerprint density at radius 3 is 2.24 bits per heavy atom. The van der Waals surface area contributed by atoms with Crippen molar-refractivity contribution in [3.8, 4) is 16.9 Å². The molecule has 0 aliphatic carbocycles. The Hall–Kier alpha value is -3.98. The van der Waals surface area contributed by atoms with Gasteiger partial charge in [-0.3, -0.25) is 4.79 Å². The average Bonchev–Trinajstić information content (AvgIpc) is 3.45. The molecule has 8 heteroatoms. The molecule has 0 bridgehead atoms. The summed E-state index contributed by atoms with van der Waals surface area (Å²) in [6.07, 6.45) is 1.08. The Bertz CT molecular complexity index is 1560. The Morgan fingerprint density at radius 1 is 0.911 bits per heavy atom. The molecule has 0 radical (unpaired) electrons. The summed E-state index contributed by atoms with van der Waals surface area (Å²) < 4.78 is 13.4. The summed E-state index contributed by atoms with van der Waals surface area (Å²) in [5.74, 6) is 0.938. The van der Waals surface area contributed by atoms with E-state index in [0.717, 1.165) is 45.3 Å². The molecule has 234 valence electrons. The Morgan fingerprint density at radius 2 is 1.58 bits per heavy atom. The maximum Gasteiger partial charge on any atom is 0.252 e. The van der Waals surface area contributed by atoms with Gasteiger partial charge in [-0.25, -0.2) is 4.99 Å². The van der Waals surface area contributed by atoms with E-state index in [-0.39, 0.29) is 12.5 Å². The van der Waals surface area contributed by atoms with Gasteiger partial charge in [0.15, 0.2) is 11.6 Å². The largest absolute Gasteiger partial charge is 0.494 e. The van der Waals surface area contributed by atoms with E-state index in [1.165, 1.54) is 0 Å². The van der Waals surface area contributed by atoms with Crippen LogP contribution in [0.2, 0.25) is 0 Å². The van der Waals surface area contributed by atoms with Crippen LogP contribution in [0.1, 0.15) is 35.6 Å². The first-order chi connectivity index (χ1) is 21.9. The van der Waals surface area contributed by atoms with Gasteiger partial charge in [-0.05, 0) is 85.7 Å². The topological polar surface area (TPSA) is 83.4 Å². The Balaban J connectivity index is 1.53. The van der Waals surface area contributed by atoms with Crippen molar-refractivity contribution in [2.45, 2.75) is 30.9 Å². The van der Waals surface area contributed by atoms with Crippen LogP contribution in [0.15, 0.2) is 113 Å². The number of aliphatic hydroxyl groups is 1. The standard InChI is InChI=1S/C37H40BrN3O4/c1-41(2)23-6-22-39-36(43)37(26-27-10-18-32(38)19-11-27)34(30-14-12-29(13-15-30)28-8-4-3-5-9-28)45-35(40-37)31-16-20-33(21-17-31)44-25-7-24-42/h3-5,8-21,34,42H,6-7,22-26H2,1-2H3,(H,39,43)/t34-,37-/m1/s1. The molecular formula is C37H40BrN3O4. The molecule has 1 amide bonds. The lowest BCUT2D eigenvalue weighted by Crippen LogP contribution is -2.50. The number of amides is 1. The molecule has 45 heavy (non-hydrogen) atoms. The van der Waals surface area contributed by atoms with Gasteiger partial charge in [0.1, 0.15) is 5.75 Å². The fraction of sp³-hybridized carbons (Fsp3) is 0.297. The summed E-state index contributed by atoms with van der Waals surface area (Å²) in [6, 6.07) is 34.0. The number of nitrogens with zero attached hydrogens (tertiary/aromatic N) is 2. The SMILES string of the molecule is CN(C)CCCNC(=O)[C@]1(Cc2ccc(Br)cc2)N=C(c2ccc(OCCCO)cc2)O[C@@H]1c1ccc(-c2ccccc2)cc1. The summed E-state index contributed by atoms with van der Waals surface area (Å²) >= 11 is 3.54. The monoisotopic (exact) mass is 669 g/mol. The summed E-state index contributed by atoms with van der Waals surface area (Å²) in [6.45, 7) is 1.90. The zero-order chi connectivity index (χ0) is 31.6. The third kappa shape index (κ3) is 8.19. The van der Waals surface area contributed by atoms with Crippen LogP contribution >= 0.6 is 15.9 Å². The minimum Gasteiger partial charge on any atom is -0.494 e. The minimum absolute atomic E-state index is 0.0775. The predicted octanol–water partition coefficient (Wildman–Crippen LogP) is 6.44. The molecule has 2 N–H and O–H groups in total. The molecule has 0 unspecified atom stereocenters. The van der Waals surface area contributed by atoms with Crippen molar-refractivity contribution in [1.29, 1.82) is 0 Å². The van der Waals surface area contributed by atoms with E-state index in [1.807, 2.05) is 93.0 Å². The van der Waals surface area contributed by atoms with Gasteiger partial charge in [0.2, 0.25) is 5.90 Å². The Labute approximate surface area is 274 Å². The van der Waals surface area contributed by atoms with Gasteiger partial charge >= 0.3 is 0 Å². The first kappa shape index (κ1) is 32.4. The van der Waals surface area contributed by atoms with Crippen molar-refractivity contribution in [2.75, 3.05) is 40.4 Å². The predicted molar refractivity (Wildman–Crippen MR) is 183 cm³/mol. The van der Waals surface area contributed by atoms with Crippen LogP contribution in [-0.2, 0) is 16.0 Å². The molecule has 4 aromatic carbocycles. The van der Waals surface area contributed by atoms with Crippen molar-refractivity contribution >= 4 is 27.7 Å². The second-order valence-corrected chi connectivity index (χ2v) is 12.4. The van der Waals surface area contributed by atoms with Gasteiger partial charge in [0.25, 0.3) is 5.91 Å². The van der Waals surface area contributed by atoms with Gasteiger partial charge in [-0.1, -0.05) is 82.7 Å². The van der Waals surface area contributed by atoms with Crippen LogP contribution in [0.3, 0.4) is 0 Å². The molecule has 4 aromatic rings. The molecule has 2 atom stereocenters. The van der Waals surface area contributed by atoms with Crippen molar-refractivity contribution in [2.24, 2.45) is 4.99 Å². The first-order valence-corrected chi connectivity index (χ1v) is 16.1. The third-order valence-electron chi connectivity index (χ3n) is 7.81. The molecule has 0 saturated carbocycles. The fourth-order valence-corrected chi connectivity index (χ4v) is 5.69. The third-order valence-corrected chi connectivity index (χ3v) is 8.33. The molecule has 1 aliphatic heterocycles. The van der Waals surface area contributed by atoms with Gasteiger partial charge in [-0.15, -0.1) is 0 Å². The highest BCUT2D eigenvalue weighted by Crippen LogP contribution is 2.43. The smallest absolute Gasteiger partial charge is 0.252 e. The first-order valence-electron chi connectivity index (χ1n) is 15.3. The van der Waals surface area contributed by atoms with E-state index in [2.05, 4.69) is 50.4 Å². The average molecular weight is 671 g/mol. The van der Waals surface area contributed by atoms with Gasteiger partial charge in [-0.2, -0.15) is 0 Å². The highest BCUT2D eigenvalue weighted by atomic mass is 79.9. The molecule has 0 aromatic heterocycles. The summed E-state index contributed by atoms with van der Waals surface area (Å²) in [5.41, 5.74) is 3.57. The minimum atomic E-state index is -1.24. The van der Waals surface area contributed by atoms with E-state index < -0.39 is 11.6 Å². The fourth-order valence-electron chi connectivity index (χ4n) is 5.43. The van der Waals surface area contributed by atoms with E-state index in [4.69, 9.17) is 19.6 Å². The number of hydrogen-bond donors (Lipinski definition) is 2. The maximum absolute atomic E-state index is 14.4. The van der Waals surface area contributed by atoms with Gasteiger partial charge in [0.05, 0.1) is 6.61 Å². The molecule has 0 fully saturated rings. The number of aliphatic imine (C=N–C) groups is 1. The molecular weight excluding hydrogens is 630 g/mol. The van der Waals surface area contributed by atoms with Crippen LogP contribution in [0.25, 0.3) is 11.1 Å². The highest BCUT2D eigenvalue weighted by Gasteiger charge is 2.53. The molecule has 7 nitrogen and oxygen atoms in total. The highest BCUT2D eigenvalue weighted by molar-refractivity contribution is 9.10.